The van der Waals surface area contributed by atoms with Gasteiger partial charge in [0.2, 0.25) is 0 Å². The van der Waals surface area contributed by atoms with Gasteiger partial charge in [-0.1, -0.05) is 84.4 Å². The fourth-order valence-corrected chi connectivity index (χ4v) is 6.02. The molecule has 1 spiro atoms. The van der Waals surface area contributed by atoms with Gasteiger partial charge in [-0.15, -0.1) is 0 Å². The Morgan fingerprint density at radius 2 is 1.52 bits per heavy atom. The molecule has 218 valence electrons. The Morgan fingerprint density at radius 3 is 2.14 bits per heavy atom. The van der Waals surface area contributed by atoms with Gasteiger partial charge in [0.1, 0.15) is 11.7 Å². The number of phenols is 1. The molecule has 2 aliphatic rings. The van der Waals surface area contributed by atoms with Gasteiger partial charge in [-0.2, -0.15) is 0 Å². The third kappa shape index (κ3) is 6.10. The van der Waals surface area contributed by atoms with Gasteiger partial charge in [0.25, 0.3) is 0 Å². The molecule has 1 saturated heterocycles. The topological polar surface area (TPSA) is 57.2 Å². The SMILES string of the molecule is CO[C@]1(c2ccc(Cl)c(Cc3ccc(O)c(F)c3)c2)CC(OCc2ccccc2)[C@H](OCc2ccccc2)C2(CC2)O1. The summed E-state index contributed by atoms with van der Waals surface area (Å²) in [5.41, 5.74) is 3.92. The van der Waals surface area contributed by atoms with Crippen LogP contribution in [-0.4, -0.2) is 30.0 Å². The van der Waals surface area contributed by atoms with Crippen molar-refractivity contribution >= 4 is 11.6 Å². The number of phenolic OH excluding ortho intramolecular Hbond substituents is 1. The summed E-state index contributed by atoms with van der Waals surface area (Å²) in [6.07, 6.45) is 1.86. The van der Waals surface area contributed by atoms with Crippen LogP contribution in [0.2, 0.25) is 5.02 Å². The van der Waals surface area contributed by atoms with Crippen molar-refractivity contribution in [2.75, 3.05) is 7.11 Å². The molecule has 1 saturated carbocycles. The second-order valence-corrected chi connectivity index (χ2v) is 11.6. The van der Waals surface area contributed by atoms with Gasteiger partial charge in [-0.25, -0.2) is 4.39 Å². The van der Waals surface area contributed by atoms with Crippen LogP contribution >= 0.6 is 11.6 Å². The fourth-order valence-electron chi connectivity index (χ4n) is 5.84. The molecule has 0 radical (unpaired) electrons. The van der Waals surface area contributed by atoms with E-state index in [-0.39, 0.29) is 18.0 Å². The van der Waals surface area contributed by atoms with Crippen molar-refractivity contribution in [1.29, 1.82) is 0 Å². The molecule has 1 N–H and O–H groups in total. The Morgan fingerprint density at radius 1 is 0.857 bits per heavy atom. The van der Waals surface area contributed by atoms with Crippen molar-refractivity contribution in [1.82, 2.24) is 0 Å². The van der Waals surface area contributed by atoms with E-state index >= 15 is 0 Å². The van der Waals surface area contributed by atoms with Crippen LogP contribution in [0.25, 0.3) is 0 Å². The first-order chi connectivity index (χ1) is 20.4. The van der Waals surface area contributed by atoms with E-state index in [2.05, 4.69) is 12.1 Å². The predicted octanol–water partition coefficient (Wildman–Crippen LogP) is 7.70. The van der Waals surface area contributed by atoms with Crippen LogP contribution in [-0.2, 0) is 44.4 Å². The Bertz CT molecular complexity index is 1510. The molecule has 1 aliphatic carbocycles. The van der Waals surface area contributed by atoms with Gasteiger partial charge in [-0.05, 0) is 65.8 Å². The summed E-state index contributed by atoms with van der Waals surface area (Å²) in [6, 6.07) is 30.3. The number of aromatic hydroxyl groups is 1. The molecular formula is C35H34ClFO5. The summed E-state index contributed by atoms with van der Waals surface area (Å²) in [6.45, 7) is 0.890. The van der Waals surface area contributed by atoms with Gasteiger partial charge >= 0.3 is 0 Å². The van der Waals surface area contributed by atoms with Gasteiger partial charge in [0.05, 0.1) is 19.3 Å². The maximum Gasteiger partial charge on any atom is 0.197 e. The van der Waals surface area contributed by atoms with Crippen molar-refractivity contribution in [3.63, 3.8) is 0 Å². The lowest BCUT2D eigenvalue weighted by atomic mass is 9.88. The Hall–Kier alpha value is -3.26. The van der Waals surface area contributed by atoms with Crippen LogP contribution in [0.3, 0.4) is 0 Å². The number of halogens is 2. The second kappa shape index (κ2) is 12.2. The van der Waals surface area contributed by atoms with Crippen molar-refractivity contribution in [2.24, 2.45) is 0 Å². The van der Waals surface area contributed by atoms with E-state index in [9.17, 15) is 9.50 Å². The highest BCUT2D eigenvalue weighted by Crippen LogP contribution is 2.56. The molecule has 1 heterocycles. The van der Waals surface area contributed by atoms with E-state index in [1.54, 1.807) is 13.2 Å². The van der Waals surface area contributed by atoms with Crippen LogP contribution in [0.4, 0.5) is 4.39 Å². The second-order valence-electron chi connectivity index (χ2n) is 11.1. The van der Waals surface area contributed by atoms with Crippen molar-refractivity contribution < 1.29 is 28.4 Å². The standard InChI is InChI=1S/C35H34ClFO5/c1-39-35(28-13-14-29(36)27(20-28)18-26-12-15-31(38)30(37)19-26)21-32(40-22-24-8-4-2-5-9-24)33(34(42-35)16-17-34)41-23-25-10-6-3-7-11-25/h2-15,19-20,32-33,38H,16-18,21-23H2,1H3/t32?,33-,35+/m0/s1. The quantitative estimate of drug-likeness (QED) is 0.206. The first kappa shape index (κ1) is 28.8. The highest BCUT2D eigenvalue weighted by Gasteiger charge is 2.64. The lowest BCUT2D eigenvalue weighted by Gasteiger charge is -2.48. The summed E-state index contributed by atoms with van der Waals surface area (Å²) < 4.78 is 40.4. The summed E-state index contributed by atoms with van der Waals surface area (Å²) >= 11 is 6.61. The minimum Gasteiger partial charge on any atom is -0.505 e. The first-order valence-electron chi connectivity index (χ1n) is 14.2. The number of ether oxygens (including phenoxy) is 4. The minimum atomic E-state index is -1.09. The third-order valence-electron chi connectivity index (χ3n) is 8.24. The fraction of sp³-hybridized carbons (Fsp3) is 0.314. The smallest absolute Gasteiger partial charge is 0.197 e. The van der Waals surface area contributed by atoms with Crippen LogP contribution in [0, 0.1) is 5.82 Å². The third-order valence-corrected chi connectivity index (χ3v) is 8.61. The molecule has 2 fully saturated rings. The number of hydrogen-bond acceptors (Lipinski definition) is 5. The highest BCUT2D eigenvalue weighted by atomic mass is 35.5. The molecule has 4 aromatic rings. The Balaban J connectivity index is 1.30. The maximum atomic E-state index is 14.1. The molecule has 0 aromatic heterocycles. The molecule has 6 rings (SSSR count). The normalized spacial score (nSPS) is 22.7. The Labute approximate surface area is 250 Å². The number of methoxy groups -OCH3 is 1. The van der Waals surface area contributed by atoms with E-state index in [1.807, 2.05) is 66.7 Å². The summed E-state index contributed by atoms with van der Waals surface area (Å²) in [4.78, 5) is 0. The zero-order chi connectivity index (χ0) is 29.2. The van der Waals surface area contributed by atoms with Crippen molar-refractivity contribution in [3.05, 3.63) is 136 Å². The Kier molecular flexibility index (Phi) is 8.35. The predicted molar refractivity (Wildman–Crippen MR) is 159 cm³/mol. The van der Waals surface area contributed by atoms with Gasteiger partial charge in [0, 0.05) is 24.1 Å². The van der Waals surface area contributed by atoms with Crippen LogP contribution in [0.1, 0.15) is 47.1 Å². The summed E-state index contributed by atoms with van der Waals surface area (Å²) in [5.74, 6) is -2.14. The molecule has 0 amide bonds. The number of benzene rings is 4. The molecule has 42 heavy (non-hydrogen) atoms. The minimum absolute atomic E-state index is 0.281. The van der Waals surface area contributed by atoms with Crippen LogP contribution in [0.15, 0.2) is 97.1 Å². The summed E-state index contributed by atoms with van der Waals surface area (Å²) in [7, 11) is 1.65. The molecule has 5 nitrogen and oxygen atoms in total. The lowest BCUT2D eigenvalue weighted by molar-refractivity contribution is -0.341. The largest absolute Gasteiger partial charge is 0.505 e. The van der Waals surface area contributed by atoms with Crippen LogP contribution in [0.5, 0.6) is 5.75 Å². The molecule has 3 atom stereocenters. The van der Waals surface area contributed by atoms with Gasteiger partial charge in [-0.3, -0.25) is 0 Å². The van der Waals surface area contributed by atoms with E-state index in [0.29, 0.717) is 36.6 Å². The lowest BCUT2D eigenvalue weighted by Crippen LogP contribution is -2.57. The molecule has 1 unspecified atom stereocenters. The molecule has 4 aromatic carbocycles. The van der Waals surface area contributed by atoms with E-state index in [4.69, 9.17) is 30.5 Å². The molecular weight excluding hydrogens is 555 g/mol. The van der Waals surface area contributed by atoms with Crippen molar-refractivity contribution in [3.8, 4) is 5.75 Å². The van der Waals surface area contributed by atoms with E-state index in [1.165, 1.54) is 12.1 Å². The number of rotatable bonds is 10. The highest BCUT2D eigenvalue weighted by molar-refractivity contribution is 6.31. The van der Waals surface area contributed by atoms with E-state index in [0.717, 1.165) is 35.1 Å². The molecule has 0 bridgehead atoms. The van der Waals surface area contributed by atoms with E-state index < -0.39 is 17.2 Å². The maximum absolute atomic E-state index is 14.1. The van der Waals surface area contributed by atoms with Gasteiger partial charge in [0.15, 0.2) is 17.4 Å². The average molecular weight is 589 g/mol. The monoisotopic (exact) mass is 588 g/mol. The molecule has 1 aliphatic heterocycles. The zero-order valence-electron chi connectivity index (χ0n) is 23.5. The van der Waals surface area contributed by atoms with Crippen molar-refractivity contribution in [2.45, 2.75) is 62.5 Å². The van der Waals surface area contributed by atoms with Crippen LogP contribution < -0.4 is 0 Å². The van der Waals surface area contributed by atoms with Gasteiger partial charge < -0.3 is 24.1 Å². The first-order valence-corrected chi connectivity index (χ1v) is 14.6. The average Bonchev–Trinajstić information content (AvgIpc) is 3.78. The molecule has 7 heteroatoms. The number of hydrogen-bond donors (Lipinski definition) is 1. The summed E-state index contributed by atoms with van der Waals surface area (Å²) in [5, 5.41) is 10.2. The zero-order valence-corrected chi connectivity index (χ0v) is 24.2.